The normalized spacial score (nSPS) is 21.6. The van der Waals surface area contributed by atoms with Crippen molar-refractivity contribution in [2.75, 3.05) is 19.6 Å². The van der Waals surface area contributed by atoms with Gasteiger partial charge in [-0.25, -0.2) is 0 Å². The third-order valence-corrected chi connectivity index (χ3v) is 4.94. The second kappa shape index (κ2) is 7.28. The van der Waals surface area contributed by atoms with E-state index >= 15 is 0 Å². The molecule has 2 heterocycles. The summed E-state index contributed by atoms with van der Waals surface area (Å²) in [5.41, 5.74) is 0.262. The van der Waals surface area contributed by atoms with Gasteiger partial charge < -0.3 is 4.90 Å². The zero-order valence-corrected chi connectivity index (χ0v) is 14.5. The van der Waals surface area contributed by atoms with Crippen molar-refractivity contribution in [3.63, 3.8) is 0 Å². The molecule has 5 heteroatoms. The summed E-state index contributed by atoms with van der Waals surface area (Å²) in [5, 5.41) is 0. The Labute approximate surface area is 138 Å². The summed E-state index contributed by atoms with van der Waals surface area (Å²) in [4.78, 5) is 38.3. The zero-order chi connectivity index (χ0) is 17.0. The second-order valence-electron chi connectivity index (χ2n) is 7.66. The lowest BCUT2D eigenvalue weighted by atomic mass is 9.80. The summed E-state index contributed by atoms with van der Waals surface area (Å²) in [6.07, 6.45) is 6.73. The van der Waals surface area contributed by atoms with Crippen LogP contribution in [-0.2, 0) is 14.4 Å². The van der Waals surface area contributed by atoms with Crippen molar-refractivity contribution in [3.05, 3.63) is 12.2 Å². The molecule has 0 unspecified atom stereocenters. The van der Waals surface area contributed by atoms with Crippen molar-refractivity contribution < 1.29 is 14.4 Å². The molecule has 0 aromatic rings. The number of hydrogen-bond acceptors (Lipinski definition) is 3. The Morgan fingerprint density at radius 1 is 1.13 bits per heavy atom. The average Bonchev–Trinajstić information content (AvgIpc) is 3.07. The van der Waals surface area contributed by atoms with E-state index in [9.17, 15) is 14.4 Å². The fourth-order valence-electron chi connectivity index (χ4n) is 3.23. The Balaban J connectivity index is 1.61. The lowest BCUT2D eigenvalue weighted by Gasteiger charge is -2.27. The molecule has 0 saturated carbocycles. The van der Waals surface area contributed by atoms with E-state index in [-0.39, 0.29) is 23.1 Å². The van der Waals surface area contributed by atoms with Crippen LogP contribution in [0.2, 0.25) is 0 Å². The highest BCUT2D eigenvalue weighted by Crippen LogP contribution is 2.33. The van der Waals surface area contributed by atoms with Crippen LogP contribution in [0, 0.1) is 11.3 Å². The van der Waals surface area contributed by atoms with Crippen molar-refractivity contribution in [1.29, 1.82) is 0 Å². The fraction of sp³-hybridized carbons (Fsp3) is 0.722. The Morgan fingerprint density at radius 3 is 2.35 bits per heavy atom. The highest BCUT2D eigenvalue weighted by Gasteiger charge is 2.33. The van der Waals surface area contributed by atoms with E-state index in [1.54, 1.807) is 0 Å². The third kappa shape index (κ3) is 4.66. The minimum atomic E-state index is -0.226. The number of nitrogens with zero attached hydrogens (tertiary/aromatic N) is 2. The lowest BCUT2D eigenvalue weighted by Crippen LogP contribution is -2.31. The van der Waals surface area contributed by atoms with Crippen LogP contribution < -0.4 is 0 Å². The van der Waals surface area contributed by atoms with Crippen LogP contribution in [0.4, 0.5) is 0 Å². The molecule has 0 radical (unpaired) electrons. The maximum atomic E-state index is 12.2. The number of carbonyl (C=O) groups is 3. The molecule has 128 valence electrons. The van der Waals surface area contributed by atoms with E-state index in [0.29, 0.717) is 18.9 Å². The fourth-order valence-corrected chi connectivity index (χ4v) is 3.23. The van der Waals surface area contributed by atoms with Crippen molar-refractivity contribution in [2.24, 2.45) is 11.3 Å². The average molecular weight is 320 g/mol. The minimum absolute atomic E-state index is 0.226. The lowest BCUT2D eigenvalue weighted by molar-refractivity contribution is -0.137. The number of rotatable bonds is 6. The van der Waals surface area contributed by atoms with Crippen molar-refractivity contribution in [1.82, 2.24) is 9.80 Å². The molecule has 1 fully saturated rings. The first kappa shape index (κ1) is 17.7. The van der Waals surface area contributed by atoms with Gasteiger partial charge in [0.25, 0.3) is 11.8 Å². The van der Waals surface area contributed by atoms with Gasteiger partial charge in [0.05, 0.1) is 0 Å². The van der Waals surface area contributed by atoms with E-state index in [0.717, 1.165) is 38.8 Å². The molecule has 2 aliphatic heterocycles. The predicted molar refractivity (Wildman–Crippen MR) is 88.5 cm³/mol. The maximum absolute atomic E-state index is 12.2. The Bertz CT molecular complexity index is 487. The van der Waals surface area contributed by atoms with Crippen LogP contribution in [0.15, 0.2) is 12.2 Å². The molecule has 3 amide bonds. The summed E-state index contributed by atoms with van der Waals surface area (Å²) in [6.45, 7) is 8.92. The second-order valence-corrected chi connectivity index (χ2v) is 7.66. The SMILES string of the molecule is CC(C)(C)[C@@H]1CCN(C(=O)CCCCCN2C(=O)C=CC2=O)C1. The predicted octanol–water partition coefficient (Wildman–Crippen LogP) is 2.37. The number of unbranched alkanes of at least 4 members (excludes halogenated alkanes) is 2. The summed E-state index contributed by atoms with van der Waals surface area (Å²) in [5.74, 6) is 0.380. The molecule has 0 aliphatic carbocycles. The standard InChI is InChI=1S/C18H28N2O3/c1-18(2,3)14-10-12-19(13-14)15(21)7-5-4-6-11-20-16(22)8-9-17(20)23/h8-9,14H,4-7,10-13H2,1-3H3/t14-/m1/s1. The van der Waals surface area contributed by atoms with Gasteiger partial charge in [0, 0.05) is 38.2 Å². The van der Waals surface area contributed by atoms with Crippen molar-refractivity contribution in [3.8, 4) is 0 Å². The van der Waals surface area contributed by atoms with E-state index in [2.05, 4.69) is 20.8 Å². The molecule has 2 aliphatic rings. The zero-order valence-electron chi connectivity index (χ0n) is 14.5. The van der Waals surface area contributed by atoms with Gasteiger partial charge in [0.1, 0.15) is 0 Å². The van der Waals surface area contributed by atoms with Crippen LogP contribution >= 0.6 is 0 Å². The molecule has 0 N–H and O–H groups in total. The smallest absolute Gasteiger partial charge is 0.253 e. The van der Waals surface area contributed by atoms with E-state index < -0.39 is 0 Å². The first-order valence-electron chi connectivity index (χ1n) is 8.60. The van der Waals surface area contributed by atoms with Gasteiger partial charge in [0.15, 0.2) is 0 Å². The van der Waals surface area contributed by atoms with Crippen molar-refractivity contribution >= 4 is 17.7 Å². The molecule has 5 nitrogen and oxygen atoms in total. The summed E-state index contributed by atoms with van der Waals surface area (Å²) in [6, 6.07) is 0. The van der Waals surface area contributed by atoms with Crippen LogP contribution in [0.5, 0.6) is 0 Å². The monoisotopic (exact) mass is 320 g/mol. The van der Waals surface area contributed by atoms with Gasteiger partial charge in [-0.2, -0.15) is 0 Å². The highest BCUT2D eigenvalue weighted by atomic mass is 16.2. The molecule has 0 aromatic heterocycles. The molecule has 1 atom stereocenters. The van der Waals surface area contributed by atoms with Gasteiger partial charge in [-0.3, -0.25) is 19.3 Å². The number of hydrogen-bond donors (Lipinski definition) is 0. The number of amides is 3. The molecule has 1 saturated heterocycles. The van der Waals surface area contributed by atoms with E-state index in [1.807, 2.05) is 4.90 Å². The van der Waals surface area contributed by atoms with Gasteiger partial charge >= 0.3 is 0 Å². The third-order valence-electron chi connectivity index (χ3n) is 4.94. The Hall–Kier alpha value is -1.65. The number of imide groups is 1. The largest absolute Gasteiger partial charge is 0.342 e. The first-order chi connectivity index (χ1) is 10.8. The summed E-state index contributed by atoms with van der Waals surface area (Å²) in [7, 11) is 0. The molecule has 0 aromatic carbocycles. The molecular weight excluding hydrogens is 292 g/mol. The van der Waals surface area contributed by atoms with Gasteiger partial charge in [-0.15, -0.1) is 0 Å². The van der Waals surface area contributed by atoms with Crippen LogP contribution in [0.25, 0.3) is 0 Å². The van der Waals surface area contributed by atoms with Gasteiger partial charge in [0.2, 0.25) is 5.91 Å². The van der Waals surface area contributed by atoms with Gasteiger partial charge in [-0.05, 0) is 30.6 Å². The van der Waals surface area contributed by atoms with Crippen LogP contribution in [-0.4, -0.2) is 47.2 Å². The first-order valence-corrected chi connectivity index (χ1v) is 8.60. The molecule has 2 rings (SSSR count). The topological polar surface area (TPSA) is 57.7 Å². The Kier molecular flexibility index (Phi) is 5.60. The summed E-state index contributed by atoms with van der Waals surface area (Å²) < 4.78 is 0. The molecular formula is C18H28N2O3. The molecule has 23 heavy (non-hydrogen) atoms. The minimum Gasteiger partial charge on any atom is -0.342 e. The number of carbonyl (C=O) groups excluding carboxylic acids is 3. The molecule has 0 spiro atoms. The highest BCUT2D eigenvalue weighted by molar-refractivity contribution is 6.12. The van der Waals surface area contributed by atoms with E-state index in [4.69, 9.17) is 0 Å². The molecule has 0 bridgehead atoms. The number of likely N-dealkylation sites (tertiary alicyclic amines) is 1. The van der Waals surface area contributed by atoms with Crippen LogP contribution in [0.3, 0.4) is 0 Å². The quantitative estimate of drug-likeness (QED) is 0.557. The van der Waals surface area contributed by atoms with Gasteiger partial charge in [-0.1, -0.05) is 27.2 Å². The van der Waals surface area contributed by atoms with Crippen molar-refractivity contribution in [2.45, 2.75) is 52.9 Å². The van der Waals surface area contributed by atoms with Crippen LogP contribution in [0.1, 0.15) is 52.9 Å². The maximum Gasteiger partial charge on any atom is 0.253 e. The summed E-state index contributed by atoms with van der Waals surface area (Å²) >= 11 is 0. The van der Waals surface area contributed by atoms with E-state index in [1.165, 1.54) is 17.1 Å². The Morgan fingerprint density at radius 2 is 1.78 bits per heavy atom.